The third-order valence-electron chi connectivity index (χ3n) is 1.48. The van der Waals surface area contributed by atoms with Crippen LogP contribution in [0.1, 0.15) is 41.5 Å². The van der Waals surface area contributed by atoms with Gasteiger partial charge in [-0.15, -0.1) is 10.8 Å². The van der Waals surface area contributed by atoms with Crippen LogP contribution in [0.3, 0.4) is 0 Å². The zero-order chi connectivity index (χ0) is 12.0. The van der Waals surface area contributed by atoms with Crippen molar-refractivity contribution in [1.29, 1.82) is 0 Å². The van der Waals surface area contributed by atoms with E-state index in [0.29, 0.717) is 0 Å². The molecule has 0 N–H and O–H groups in total. The standard InChI is InChI=1S/C12H20.V.W/c1-8-10(12(5,6)7)9-11(2,3)4;;/h1,8H,2-7H3;;/q-2;;. The summed E-state index contributed by atoms with van der Waals surface area (Å²) in [5.41, 5.74) is 1.27. The van der Waals surface area contributed by atoms with Gasteiger partial charge in [0.15, 0.2) is 0 Å². The monoisotopic (exact) mass is 399 g/mol. The van der Waals surface area contributed by atoms with Gasteiger partial charge in [0.1, 0.15) is 0 Å². The van der Waals surface area contributed by atoms with Crippen LogP contribution in [0.15, 0.2) is 11.6 Å². The van der Waals surface area contributed by atoms with E-state index in [4.69, 9.17) is 6.58 Å². The summed E-state index contributed by atoms with van der Waals surface area (Å²) in [6.45, 7) is 18.4. The van der Waals surface area contributed by atoms with Gasteiger partial charge in [0.25, 0.3) is 0 Å². The van der Waals surface area contributed by atoms with Crippen molar-refractivity contribution in [3.05, 3.63) is 24.3 Å². The van der Waals surface area contributed by atoms with E-state index in [2.05, 4.69) is 61.7 Å². The molecule has 81 valence electrons. The van der Waals surface area contributed by atoms with Crippen molar-refractivity contribution in [1.82, 2.24) is 0 Å². The average molecular weight is 399 g/mol. The Kier molecular flexibility index (Phi) is 8.70. The molecule has 0 aromatic heterocycles. The van der Waals surface area contributed by atoms with Crippen LogP contribution in [0.4, 0.5) is 0 Å². The second-order valence-corrected chi connectivity index (χ2v) is 5.21. The van der Waals surface area contributed by atoms with Crippen LogP contribution in [0.2, 0.25) is 0 Å². The molecule has 0 unspecified atom stereocenters. The molecule has 2 heteroatoms. The molecule has 0 spiro atoms. The van der Waals surface area contributed by atoms with Crippen molar-refractivity contribution < 1.29 is 30.9 Å². The fraction of sp³-hybridized carbons (Fsp3) is 0.667. The van der Waals surface area contributed by atoms with Gasteiger partial charge in [0, 0.05) is 0 Å². The predicted octanol–water partition coefficient (Wildman–Crippen LogP) is 3.79. The Balaban J connectivity index is 0. The van der Waals surface area contributed by atoms with E-state index in [1.165, 1.54) is 16.8 Å². The first-order valence-electron chi connectivity index (χ1n) is 4.55. The predicted molar refractivity (Wildman–Crippen MR) is 54.5 cm³/mol. The molecule has 0 saturated heterocycles. The van der Waals surface area contributed by atoms with Gasteiger partial charge in [0.05, 0.1) is 0 Å². The second kappa shape index (κ2) is 7.10. The summed E-state index contributed by atoms with van der Waals surface area (Å²) in [5.74, 6) is 0. The minimum atomic E-state index is 0.0818. The summed E-state index contributed by atoms with van der Waals surface area (Å²) < 4.78 is 0. The van der Waals surface area contributed by atoms with E-state index < -0.39 is 0 Å². The summed E-state index contributed by atoms with van der Waals surface area (Å²) in [6, 6.07) is 0. The van der Waals surface area contributed by atoms with E-state index in [-0.39, 0.29) is 10.8 Å². The Morgan fingerprint density at radius 1 is 1.14 bits per heavy atom. The fourth-order valence-corrected chi connectivity index (χ4v) is 0.883. The van der Waals surface area contributed by atoms with Crippen LogP contribution in [-0.2, 0) is 30.9 Å². The third kappa shape index (κ3) is 9.31. The van der Waals surface area contributed by atoms with Gasteiger partial charge in [-0.25, -0.2) is 0 Å². The van der Waals surface area contributed by atoms with Gasteiger partial charge in [0.2, 0.25) is 0 Å². The molecule has 0 atom stereocenters. The van der Waals surface area contributed by atoms with Crippen LogP contribution in [0.5, 0.6) is 0 Å². The molecule has 14 heavy (non-hydrogen) atoms. The van der Waals surface area contributed by atoms with Crippen molar-refractivity contribution >= 4 is 0 Å². The molecule has 0 amide bonds. The van der Waals surface area contributed by atoms with Gasteiger partial charge < -0.3 is 24.3 Å². The minimum absolute atomic E-state index is 0.0818. The van der Waals surface area contributed by atoms with Gasteiger partial charge in [-0.1, -0.05) is 41.5 Å². The SMILES string of the molecule is [CH-]=CC(=[C-]C(C)(C)C)C(C)(C)C.[V]=[W]. The number of rotatable bonds is 1. The zero-order valence-electron chi connectivity index (χ0n) is 10.0. The van der Waals surface area contributed by atoms with Gasteiger partial charge >= 0.3 is 30.9 Å². The molecule has 0 aromatic carbocycles. The third-order valence-corrected chi connectivity index (χ3v) is 1.48. The summed E-state index contributed by atoms with van der Waals surface area (Å²) in [5, 5.41) is 0. The zero-order valence-corrected chi connectivity index (χ0v) is 14.3. The maximum absolute atomic E-state index is 5.54. The van der Waals surface area contributed by atoms with Crippen molar-refractivity contribution in [3.63, 3.8) is 0 Å². The molecule has 0 fully saturated rings. The van der Waals surface area contributed by atoms with E-state index in [9.17, 15) is 0 Å². The van der Waals surface area contributed by atoms with Gasteiger partial charge in [-0.2, -0.15) is 0 Å². The van der Waals surface area contributed by atoms with E-state index in [1.54, 1.807) is 6.08 Å². The fourth-order valence-electron chi connectivity index (χ4n) is 0.883. The summed E-state index contributed by atoms with van der Waals surface area (Å²) >= 11 is 3.92. The van der Waals surface area contributed by atoms with Gasteiger partial charge in [-0.05, 0) is 0 Å². The van der Waals surface area contributed by atoms with Crippen molar-refractivity contribution in [3.8, 4) is 0 Å². The normalized spacial score (nSPS) is 12.8. The van der Waals surface area contributed by atoms with Crippen LogP contribution in [0.25, 0.3) is 0 Å². The Morgan fingerprint density at radius 2 is 1.50 bits per heavy atom. The van der Waals surface area contributed by atoms with E-state index in [1.807, 2.05) is 0 Å². The molecule has 0 nitrogen and oxygen atoms in total. The van der Waals surface area contributed by atoms with Crippen molar-refractivity contribution in [2.45, 2.75) is 41.5 Å². The molecular formula is C12H20VW-2. The molecule has 0 rings (SSSR count). The molecule has 0 aromatic rings. The molecular weight excluding hydrogens is 379 g/mol. The van der Waals surface area contributed by atoms with Crippen molar-refractivity contribution in [2.75, 3.05) is 0 Å². The number of hydrogen-bond donors (Lipinski definition) is 0. The molecule has 0 aliphatic carbocycles. The first-order chi connectivity index (χ1) is 6.17. The van der Waals surface area contributed by atoms with Crippen LogP contribution >= 0.6 is 0 Å². The van der Waals surface area contributed by atoms with Crippen LogP contribution in [0, 0.1) is 23.5 Å². The second-order valence-electron chi connectivity index (χ2n) is 5.21. The molecule has 0 bridgehead atoms. The average Bonchev–Trinajstić information content (AvgIpc) is 2.00. The first-order valence-corrected chi connectivity index (χ1v) is 10.5. The van der Waals surface area contributed by atoms with Crippen LogP contribution < -0.4 is 0 Å². The Morgan fingerprint density at radius 3 is 1.57 bits per heavy atom. The van der Waals surface area contributed by atoms with E-state index in [0.717, 1.165) is 5.57 Å². The summed E-state index contributed by atoms with van der Waals surface area (Å²) in [7, 11) is 0. The molecule has 0 heterocycles. The Bertz CT molecular complexity index is 203. The molecule has 0 aliphatic rings. The Labute approximate surface area is 107 Å². The first kappa shape index (κ1) is 17.2. The van der Waals surface area contributed by atoms with E-state index >= 15 is 0 Å². The maximum atomic E-state index is 5.54. The molecule has 0 saturated carbocycles. The Hall–Kier alpha value is 0.753. The number of allylic oxidation sites excluding steroid dienone is 3. The topological polar surface area (TPSA) is 0 Å². The van der Waals surface area contributed by atoms with Crippen LogP contribution in [-0.4, -0.2) is 0 Å². The summed E-state index contributed by atoms with van der Waals surface area (Å²) in [6.07, 6.45) is 5.04. The number of hydrogen-bond acceptors (Lipinski definition) is 0. The molecule has 0 aliphatic heterocycles. The van der Waals surface area contributed by atoms with Gasteiger partial charge in [-0.3, -0.25) is 0 Å². The quantitative estimate of drug-likeness (QED) is 0.465. The summed E-state index contributed by atoms with van der Waals surface area (Å²) in [4.78, 5) is 0. The van der Waals surface area contributed by atoms with Crippen molar-refractivity contribution in [2.24, 2.45) is 10.8 Å². The molecule has 0 radical (unpaired) electrons.